The second kappa shape index (κ2) is 7.31. The minimum atomic E-state index is -0.206. The van der Waals surface area contributed by atoms with Gasteiger partial charge in [0.25, 0.3) is 5.91 Å². The first-order chi connectivity index (χ1) is 11.6. The van der Waals surface area contributed by atoms with Crippen LogP contribution in [0.3, 0.4) is 0 Å². The molecule has 3 rings (SSSR count). The number of pyridine rings is 1. The minimum Gasteiger partial charge on any atom is -0.378 e. The molecule has 0 atom stereocenters. The van der Waals surface area contributed by atoms with Crippen LogP contribution in [0.2, 0.25) is 0 Å². The van der Waals surface area contributed by atoms with Crippen molar-refractivity contribution < 1.29 is 9.53 Å². The fraction of sp³-hybridized carbons (Fsp3) is 0.333. The van der Waals surface area contributed by atoms with E-state index < -0.39 is 0 Å². The fourth-order valence-corrected chi connectivity index (χ4v) is 2.60. The number of ether oxygens (including phenoxy) is 1. The molecular weight excluding hydrogens is 304 g/mol. The largest absolute Gasteiger partial charge is 0.378 e. The zero-order valence-electron chi connectivity index (χ0n) is 14.0. The van der Waals surface area contributed by atoms with Gasteiger partial charge in [-0.15, -0.1) is 0 Å². The van der Waals surface area contributed by atoms with Crippen LogP contribution in [0.1, 0.15) is 10.5 Å². The molecule has 1 N–H and O–H groups in total. The average molecular weight is 326 g/mol. The predicted molar refractivity (Wildman–Crippen MR) is 96.0 cm³/mol. The summed E-state index contributed by atoms with van der Waals surface area (Å²) in [5.41, 5.74) is 3.25. The van der Waals surface area contributed by atoms with Crippen LogP contribution in [-0.2, 0) is 4.74 Å². The maximum Gasteiger partial charge on any atom is 0.274 e. The second-order valence-electron chi connectivity index (χ2n) is 5.89. The Morgan fingerprint density at radius 1 is 1.17 bits per heavy atom. The smallest absolute Gasteiger partial charge is 0.274 e. The van der Waals surface area contributed by atoms with Crippen LogP contribution in [0.4, 0.5) is 17.1 Å². The summed E-state index contributed by atoms with van der Waals surface area (Å²) in [4.78, 5) is 20.9. The summed E-state index contributed by atoms with van der Waals surface area (Å²) in [6.45, 7) is 3.08. The Balaban J connectivity index is 1.70. The molecule has 1 aliphatic heterocycles. The molecule has 0 unspecified atom stereocenters. The number of benzene rings is 1. The first kappa shape index (κ1) is 16.3. The highest BCUT2D eigenvalue weighted by Crippen LogP contribution is 2.19. The molecule has 0 spiro atoms. The number of hydrogen-bond acceptors (Lipinski definition) is 5. The van der Waals surface area contributed by atoms with E-state index in [1.54, 1.807) is 6.20 Å². The molecule has 0 saturated carbocycles. The van der Waals surface area contributed by atoms with Crippen LogP contribution in [0.5, 0.6) is 0 Å². The van der Waals surface area contributed by atoms with Crippen LogP contribution in [0.25, 0.3) is 0 Å². The molecule has 6 nitrogen and oxygen atoms in total. The lowest BCUT2D eigenvalue weighted by atomic mass is 10.2. The number of carbonyl (C=O) groups excluding carboxylic acids is 1. The first-order valence-electron chi connectivity index (χ1n) is 8.01. The van der Waals surface area contributed by atoms with Crippen LogP contribution < -0.4 is 15.1 Å². The molecule has 126 valence electrons. The Labute approximate surface area is 142 Å². The van der Waals surface area contributed by atoms with Gasteiger partial charge < -0.3 is 19.9 Å². The fourth-order valence-electron chi connectivity index (χ4n) is 2.60. The van der Waals surface area contributed by atoms with Gasteiger partial charge in [0.1, 0.15) is 5.69 Å². The van der Waals surface area contributed by atoms with Gasteiger partial charge in [-0.25, -0.2) is 0 Å². The highest BCUT2D eigenvalue weighted by molar-refractivity contribution is 6.03. The summed E-state index contributed by atoms with van der Waals surface area (Å²) in [7, 11) is 3.96. The summed E-state index contributed by atoms with van der Waals surface area (Å²) in [6.07, 6.45) is 1.68. The van der Waals surface area contributed by atoms with Crippen molar-refractivity contribution in [1.82, 2.24) is 4.98 Å². The van der Waals surface area contributed by atoms with Crippen LogP contribution >= 0.6 is 0 Å². The number of nitrogens with one attached hydrogen (secondary N) is 1. The molecule has 2 aromatic rings. The van der Waals surface area contributed by atoms with Crippen molar-refractivity contribution in [2.24, 2.45) is 0 Å². The number of anilines is 3. The van der Waals surface area contributed by atoms with E-state index in [-0.39, 0.29) is 5.91 Å². The zero-order valence-corrected chi connectivity index (χ0v) is 14.0. The summed E-state index contributed by atoms with van der Waals surface area (Å²) in [6, 6.07) is 11.5. The predicted octanol–water partition coefficient (Wildman–Crippen LogP) is 2.24. The third-order valence-electron chi connectivity index (χ3n) is 3.99. The summed E-state index contributed by atoms with van der Waals surface area (Å²) in [5.74, 6) is -0.206. The lowest BCUT2D eigenvalue weighted by molar-refractivity contribution is 0.102. The molecule has 1 fully saturated rings. The Kier molecular flexibility index (Phi) is 4.96. The molecule has 2 heterocycles. The molecule has 1 aliphatic rings. The lowest BCUT2D eigenvalue weighted by Gasteiger charge is -2.28. The Morgan fingerprint density at radius 2 is 1.88 bits per heavy atom. The molecule has 1 saturated heterocycles. The SMILES string of the molecule is CN(C)c1ccc(NC(=O)c2cc(N3CCOCC3)ccn2)cc1. The van der Waals surface area contributed by atoms with E-state index in [0.717, 1.165) is 30.2 Å². The van der Waals surface area contributed by atoms with Crippen molar-refractivity contribution in [3.05, 3.63) is 48.3 Å². The number of carbonyl (C=O) groups is 1. The summed E-state index contributed by atoms with van der Waals surface area (Å²) >= 11 is 0. The van der Waals surface area contributed by atoms with Crippen LogP contribution in [0, 0.1) is 0 Å². The van der Waals surface area contributed by atoms with E-state index in [0.29, 0.717) is 18.9 Å². The van der Waals surface area contributed by atoms with Gasteiger partial charge in [0.2, 0.25) is 0 Å². The van der Waals surface area contributed by atoms with E-state index in [4.69, 9.17) is 4.74 Å². The van der Waals surface area contributed by atoms with Crippen molar-refractivity contribution in [3.63, 3.8) is 0 Å². The lowest BCUT2D eigenvalue weighted by Crippen LogP contribution is -2.36. The number of rotatable bonds is 4. The van der Waals surface area contributed by atoms with Crippen LogP contribution in [-0.4, -0.2) is 51.3 Å². The van der Waals surface area contributed by atoms with Crippen molar-refractivity contribution in [2.75, 3.05) is 55.5 Å². The molecule has 0 radical (unpaired) electrons. The number of nitrogens with zero attached hydrogens (tertiary/aromatic N) is 3. The van der Waals surface area contributed by atoms with Crippen LogP contribution in [0.15, 0.2) is 42.6 Å². The van der Waals surface area contributed by atoms with Crippen molar-refractivity contribution in [2.45, 2.75) is 0 Å². The molecule has 24 heavy (non-hydrogen) atoms. The molecule has 6 heteroatoms. The first-order valence-corrected chi connectivity index (χ1v) is 8.01. The van der Waals surface area contributed by atoms with Gasteiger partial charge in [-0.05, 0) is 36.4 Å². The highest BCUT2D eigenvalue weighted by Gasteiger charge is 2.14. The normalized spacial score (nSPS) is 14.3. The topological polar surface area (TPSA) is 57.7 Å². The summed E-state index contributed by atoms with van der Waals surface area (Å²) in [5, 5.41) is 2.89. The van der Waals surface area contributed by atoms with E-state index in [1.165, 1.54) is 0 Å². The van der Waals surface area contributed by atoms with Gasteiger partial charge in [-0.2, -0.15) is 0 Å². The quantitative estimate of drug-likeness (QED) is 0.934. The molecular formula is C18H22N4O2. The standard InChI is InChI=1S/C18H22N4O2/c1-21(2)15-5-3-14(4-6-15)20-18(23)17-13-16(7-8-19-17)22-9-11-24-12-10-22/h3-8,13H,9-12H2,1-2H3,(H,20,23). The zero-order chi connectivity index (χ0) is 16.9. The van der Waals surface area contributed by atoms with Crippen molar-refractivity contribution >= 4 is 23.0 Å². The van der Waals surface area contributed by atoms with Gasteiger partial charge in [-0.1, -0.05) is 0 Å². The highest BCUT2D eigenvalue weighted by atomic mass is 16.5. The van der Waals surface area contributed by atoms with E-state index in [2.05, 4.69) is 15.2 Å². The van der Waals surface area contributed by atoms with Gasteiger partial charge >= 0.3 is 0 Å². The number of aromatic nitrogens is 1. The minimum absolute atomic E-state index is 0.206. The van der Waals surface area contributed by atoms with Gasteiger partial charge in [0.15, 0.2) is 0 Å². The molecule has 1 aromatic heterocycles. The Morgan fingerprint density at radius 3 is 2.54 bits per heavy atom. The van der Waals surface area contributed by atoms with Gasteiger partial charge in [-0.3, -0.25) is 9.78 Å². The summed E-state index contributed by atoms with van der Waals surface area (Å²) < 4.78 is 5.36. The van der Waals surface area contributed by atoms with E-state index in [9.17, 15) is 4.79 Å². The number of amides is 1. The third kappa shape index (κ3) is 3.83. The van der Waals surface area contributed by atoms with Gasteiger partial charge in [0, 0.05) is 50.4 Å². The molecule has 0 aliphatic carbocycles. The molecule has 1 aromatic carbocycles. The van der Waals surface area contributed by atoms with Crippen molar-refractivity contribution in [3.8, 4) is 0 Å². The second-order valence-corrected chi connectivity index (χ2v) is 5.89. The number of morpholine rings is 1. The van der Waals surface area contributed by atoms with Crippen molar-refractivity contribution in [1.29, 1.82) is 0 Å². The maximum atomic E-state index is 12.4. The third-order valence-corrected chi connectivity index (χ3v) is 3.99. The molecule has 1 amide bonds. The maximum absolute atomic E-state index is 12.4. The van der Waals surface area contributed by atoms with E-state index in [1.807, 2.05) is 55.4 Å². The number of hydrogen-bond donors (Lipinski definition) is 1. The monoisotopic (exact) mass is 326 g/mol. The average Bonchev–Trinajstić information content (AvgIpc) is 2.63. The Hall–Kier alpha value is -2.60. The Bertz CT molecular complexity index is 694. The molecule has 0 bridgehead atoms. The van der Waals surface area contributed by atoms with Gasteiger partial charge in [0.05, 0.1) is 13.2 Å². The van der Waals surface area contributed by atoms with E-state index >= 15 is 0 Å².